The summed E-state index contributed by atoms with van der Waals surface area (Å²) in [5.74, 6) is 3.25. The summed E-state index contributed by atoms with van der Waals surface area (Å²) in [6.07, 6.45) is 0.887. The first kappa shape index (κ1) is 15.7. The van der Waals surface area contributed by atoms with E-state index in [4.69, 9.17) is 4.74 Å². The van der Waals surface area contributed by atoms with Gasteiger partial charge in [0.05, 0.1) is 12.7 Å². The van der Waals surface area contributed by atoms with Crippen molar-refractivity contribution in [3.05, 3.63) is 29.8 Å². The second kappa shape index (κ2) is 6.83. The van der Waals surface area contributed by atoms with Crippen LogP contribution >= 0.6 is 11.8 Å². The van der Waals surface area contributed by atoms with Gasteiger partial charge in [0, 0.05) is 18.3 Å². The van der Waals surface area contributed by atoms with Crippen LogP contribution in [0.25, 0.3) is 0 Å². The van der Waals surface area contributed by atoms with E-state index in [1.807, 2.05) is 23.9 Å². The predicted octanol–water partition coefficient (Wildman–Crippen LogP) is 2.85. The molecule has 4 heteroatoms. The van der Waals surface area contributed by atoms with Crippen molar-refractivity contribution in [3.63, 3.8) is 0 Å². The third kappa shape index (κ3) is 3.90. The van der Waals surface area contributed by atoms with Gasteiger partial charge in [-0.05, 0) is 35.8 Å². The number of methoxy groups -OCH3 is 1. The number of aliphatic hydroxyl groups is 1. The Balaban J connectivity index is 2.02. The van der Waals surface area contributed by atoms with Crippen LogP contribution in [0.5, 0.6) is 5.75 Å². The van der Waals surface area contributed by atoms with Crippen molar-refractivity contribution in [1.82, 2.24) is 5.32 Å². The summed E-state index contributed by atoms with van der Waals surface area (Å²) in [6, 6.07) is 8.45. The van der Waals surface area contributed by atoms with E-state index >= 15 is 0 Å². The quantitative estimate of drug-likeness (QED) is 0.847. The van der Waals surface area contributed by atoms with Crippen LogP contribution in [0.15, 0.2) is 24.3 Å². The Morgan fingerprint density at radius 1 is 1.35 bits per heavy atom. The van der Waals surface area contributed by atoms with Crippen molar-refractivity contribution in [2.75, 3.05) is 25.2 Å². The molecule has 0 aromatic heterocycles. The van der Waals surface area contributed by atoms with Gasteiger partial charge in [0.25, 0.3) is 0 Å². The molecule has 0 radical (unpaired) electrons. The summed E-state index contributed by atoms with van der Waals surface area (Å²) < 4.78 is 5.20. The molecule has 0 bridgehead atoms. The molecule has 2 atom stereocenters. The highest BCUT2D eigenvalue weighted by molar-refractivity contribution is 7.99. The van der Waals surface area contributed by atoms with Gasteiger partial charge in [-0.1, -0.05) is 26.0 Å². The molecule has 20 heavy (non-hydrogen) atoms. The number of ether oxygens (including phenoxy) is 1. The topological polar surface area (TPSA) is 41.5 Å². The largest absolute Gasteiger partial charge is 0.497 e. The molecular formula is C16H25NO2S. The van der Waals surface area contributed by atoms with Crippen LogP contribution in [0.1, 0.15) is 31.9 Å². The summed E-state index contributed by atoms with van der Waals surface area (Å²) in [4.78, 5) is 0. The van der Waals surface area contributed by atoms with Gasteiger partial charge in [0.2, 0.25) is 0 Å². The van der Waals surface area contributed by atoms with Gasteiger partial charge in [-0.3, -0.25) is 0 Å². The van der Waals surface area contributed by atoms with Gasteiger partial charge in [0.1, 0.15) is 5.75 Å². The highest BCUT2D eigenvalue weighted by atomic mass is 32.2. The third-order valence-corrected chi connectivity index (χ3v) is 5.11. The first-order chi connectivity index (χ1) is 9.54. The van der Waals surface area contributed by atoms with Gasteiger partial charge in [-0.25, -0.2) is 0 Å². The zero-order chi connectivity index (χ0) is 14.6. The number of benzene rings is 1. The molecule has 1 aliphatic rings. The summed E-state index contributed by atoms with van der Waals surface area (Å²) in [5.41, 5.74) is 0.708. The number of hydrogen-bond acceptors (Lipinski definition) is 4. The lowest BCUT2D eigenvalue weighted by Gasteiger charge is -2.29. The fourth-order valence-electron chi connectivity index (χ4n) is 2.59. The van der Waals surface area contributed by atoms with Gasteiger partial charge in [0.15, 0.2) is 0 Å². The van der Waals surface area contributed by atoms with Crippen LogP contribution in [0, 0.1) is 5.92 Å². The minimum absolute atomic E-state index is 0.260. The molecule has 0 amide bonds. The SMILES string of the molecule is COc1ccc(C(NCC2(O)CCSC2)C(C)C)cc1. The molecule has 2 unspecified atom stereocenters. The summed E-state index contributed by atoms with van der Waals surface area (Å²) in [5, 5.41) is 14.0. The molecule has 2 N–H and O–H groups in total. The normalized spacial score (nSPS) is 24.1. The van der Waals surface area contributed by atoms with Crippen molar-refractivity contribution in [1.29, 1.82) is 0 Å². The average molecular weight is 295 g/mol. The van der Waals surface area contributed by atoms with Gasteiger partial charge in [-0.2, -0.15) is 11.8 Å². The van der Waals surface area contributed by atoms with E-state index in [1.165, 1.54) is 5.56 Å². The van der Waals surface area contributed by atoms with E-state index in [2.05, 4.69) is 31.3 Å². The molecular weight excluding hydrogens is 270 g/mol. The number of nitrogens with one attached hydrogen (secondary N) is 1. The van der Waals surface area contributed by atoms with Crippen molar-refractivity contribution < 1.29 is 9.84 Å². The number of thioether (sulfide) groups is 1. The van der Waals surface area contributed by atoms with Gasteiger partial charge in [-0.15, -0.1) is 0 Å². The van der Waals surface area contributed by atoms with Crippen LogP contribution < -0.4 is 10.1 Å². The Morgan fingerprint density at radius 3 is 2.55 bits per heavy atom. The van der Waals surface area contributed by atoms with Crippen LogP contribution in [-0.4, -0.2) is 35.9 Å². The van der Waals surface area contributed by atoms with E-state index < -0.39 is 5.60 Å². The fraction of sp³-hybridized carbons (Fsp3) is 0.625. The Hall–Kier alpha value is -0.710. The number of hydrogen-bond donors (Lipinski definition) is 2. The van der Waals surface area contributed by atoms with Crippen LogP contribution in [0.3, 0.4) is 0 Å². The maximum atomic E-state index is 10.4. The lowest BCUT2D eigenvalue weighted by atomic mass is 9.94. The maximum absolute atomic E-state index is 10.4. The first-order valence-corrected chi connectivity index (χ1v) is 8.37. The van der Waals surface area contributed by atoms with Crippen molar-refractivity contribution in [2.24, 2.45) is 5.92 Å². The van der Waals surface area contributed by atoms with Gasteiger partial charge >= 0.3 is 0 Å². The molecule has 3 nitrogen and oxygen atoms in total. The van der Waals surface area contributed by atoms with Crippen molar-refractivity contribution >= 4 is 11.8 Å². The Labute approximate surface area is 126 Å². The van der Waals surface area contributed by atoms with Crippen molar-refractivity contribution in [2.45, 2.75) is 31.9 Å². The summed E-state index contributed by atoms with van der Waals surface area (Å²) >= 11 is 1.84. The Kier molecular flexibility index (Phi) is 5.35. The zero-order valence-corrected chi connectivity index (χ0v) is 13.4. The number of rotatable bonds is 6. The van der Waals surface area contributed by atoms with Crippen LogP contribution in [0.2, 0.25) is 0 Å². The van der Waals surface area contributed by atoms with Gasteiger partial charge < -0.3 is 15.2 Å². The van der Waals surface area contributed by atoms with E-state index in [-0.39, 0.29) is 6.04 Å². The maximum Gasteiger partial charge on any atom is 0.118 e. The lowest BCUT2D eigenvalue weighted by Crippen LogP contribution is -2.43. The van der Waals surface area contributed by atoms with Crippen LogP contribution in [0.4, 0.5) is 0 Å². The zero-order valence-electron chi connectivity index (χ0n) is 12.6. The minimum atomic E-state index is -0.537. The second-order valence-corrected chi connectivity index (χ2v) is 7.01. The summed E-state index contributed by atoms with van der Waals surface area (Å²) in [7, 11) is 1.68. The second-order valence-electron chi connectivity index (χ2n) is 5.90. The minimum Gasteiger partial charge on any atom is -0.497 e. The monoisotopic (exact) mass is 295 g/mol. The van der Waals surface area contributed by atoms with Crippen LogP contribution in [-0.2, 0) is 0 Å². The van der Waals surface area contributed by atoms with E-state index in [0.29, 0.717) is 12.5 Å². The molecule has 0 spiro atoms. The molecule has 1 aromatic rings. The molecule has 1 heterocycles. The first-order valence-electron chi connectivity index (χ1n) is 7.21. The molecule has 0 saturated carbocycles. The fourth-order valence-corrected chi connectivity index (χ4v) is 3.88. The Morgan fingerprint density at radius 2 is 2.05 bits per heavy atom. The molecule has 0 aliphatic carbocycles. The standard InChI is InChI=1S/C16H25NO2S/c1-12(2)15(13-4-6-14(19-3)7-5-13)17-10-16(18)8-9-20-11-16/h4-7,12,15,17-18H,8-11H2,1-3H3. The highest BCUT2D eigenvalue weighted by Crippen LogP contribution is 2.29. The highest BCUT2D eigenvalue weighted by Gasteiger charge is 2.32. The van der Waals surface area contributed by atoms with Crippen molar-refractivity contribution in [3.8, 4) is 5.75 Å². The molecule has 2 rings (SSSR count). The van der Waals surface area contributed by atoms with E-state index in [1.54, 1.807) is 7.11 Å². The molecule has 1 aliphatic heterocycles. The molecule has 1 saturated heterocycles. The molecule has 112 valence electrons. The Bertz CT molecular complexity index is 413. The molecule has 1 aromatic carbocycles. The lowest BCUT2D eigenvalue weighted by molar-refractivity contribution is 0.0626. The molecule has 1 fully saturated rings. The smallest absolute Gasteiger partial charge is 0.118 e. The predicted molar refractivity (Wildman–Crippen MR) is 85.5 cm³/mol. The summed E-state index contributed by atoms with van der Waals surface area (Å²) in [6.45, 7) is 5.07. The van der Waals surface area contributed by atoms with E-state index in [9.17, 15) is 5.11 Å². The van der Waals surface area contributed by atoms with E-state index in [0.717, 1.165) is 23.7 Å². The third-order valence-electron chi connectivity index (χ3n) is 3.88. The average Bonchev–Trinajstić information content (AvgIpc) is 2.86.